The molecule has 0 amide bonds. The van der Waals surface area contributed by atoms with Gasteiger partial charge in [0, 0.05) is 43.7 Å². The Bertz CT molecular complexity index is 1090. The highest BCUT2D eigenvalue weighted by atomic mass is 16.5. The van der Waals surface area contributed by atoms with Gasteiger partial charge in [-0.15, -0.1) is 0 Å². The lowest BCUT2D eigenvalue weighted by molar-refractivity contribution is 0.0904. The van der Waals surface area contributed by atoms with E-state index in [9.17, 15) is 4.79 Å². The van der Waals surface area contributed by atoms with E-state index in [2.05, 4.69) is 20.3 Å². The number of hydrogen-bond acceptors (Lipinski definition) is 6. The van der Waals surface area contributed by atoms with Crippen molar-refractivity contribution in [3.8, 4) is 11.3 Å². The van der Waals surface area contributed by atoms with E-state index in [1.807, 2.05) is 49.5 Å². The van der Waals surface area contributed by atoms with Crippen molar-refractivity contribution in [3.05, 3.63) is 75.5 Å². The van der Waals surface area contributed by atoms with Crippen LogP contribution in [-0.4, -0.2) is 40.4 Å². The van der Waals surface area contributed by atoms with Crippen molar-refractivity contribution >= 4 is 12.0 Å². The molecule has 0 bridgehead atoms. The first kappa shape index (κ1) is 20.0. The lowest BCUT2D eigenvalue weighted by atomic mass is 10.0. The second-order valence-electron chi connectivity index (χ2n) is 7.50. The van der Waals surface area contributed by atoms with Crippen LogP contribution in [-0.2, 0) is 11.2 Å². The number of H-pyrrole nitrogens is 1. The summed E-state index contributed by atoms with van der Waals surface area (Å²) in [6, 6.07) is 12.2. The molecule has 1 aliphatic rings. The maximum atomic E-state index is 12.6. The normalized spacial score (nSPS) is 14.4. The van der Waals surface area contributed by atoms with Crippen molar-refractivity contribution in [2.75, 3.05) is 18.5 Å². The summed E-state index contributed by atoms with van der Waals surface area (Å²) in [5, 5.41) is 11.0. The van der Waals surface area contributed by atoms with Gasteiger partial charge in [0.05, 0.1) is 11.3 Å². The molecule has 4 rings (SSSR count). The Morgan fingerprint density at radius 2 is 2.03 bits per heavy atom. The number of rotatable bonds is 6. The molecule has 7 heteroatoms. The minimum atomic E-state index is -0.310. The van der Waals surface area contributed by atoms with Gasteiger partial charge < -0.3 is 20.4 Å². The van der Waals surface area contributed by atoms with E-state index in [0.29, 0.717) is 31.3 Å². The van der Waals surface area contributed by atoms with Crippen LogP contribution < -0.4 is 10.9 Å². The van der Waals surface area contributed by atoms with E-state index < -0.39 is 0 Å². The van der Waals surface area contributed by atoms with Gasteiger partial charge in [-0.2, -0.15) is 0 Å². The summed E-state index contributed by atoms with van der Waals surface area (Å²) in [5.74, 6) is 1.02. The van der Waals surface area contributed by atoms with Crippen molar-refractivity contribution < 1.29 is 4.74 Å². The number of pyridine rings is 1. The maximum Gasteiger partial charge on any atom is 0.261 e. The van der Waals surface area contributed by atoms with Crippen molar-refractivity contribution in [2.45, 2.75) is 32.2 Å². The molecule has 3 heterocycles. The molecule has 1 fully saturated rings. The summed E-state index contributed by atoms with van der Waals surface area (Å²) in [4.78, 5) is 24.6. The first-order chi connectivity index (χ1) is 14.6. The molecule has 7 nitrogen and oxygen atoms in total. The summed E-state index contributed by atoms with van der Waals surface area (Å²) < 4.78 is 5.40. The van der Waals surface area contributed by atoms with E-state index in [1.54, 1.807) is 0 Å². The van der Waals surface area contributed by atoms with Crippen molar-refractivity contribution in [1.82, 2.24) is 15.0 Å². The minimum Gasteiger partial charge on any atom is -0.381 e. The first-order valence-corrected chi connectivity index (χ1v) is 10.1. The summed E-state index contributed by atoms with van der Waals surface area (Å²) in [7, 11) is 0. The summed E-state index contributed by atoms with van der Waals surface area (Å²) >= 11 is 0. The highest BCUT2D eigenvalue weighted by molar-refractivity contribution is 5.83. The molecule has 0 unspecified atom stereocenters. The zero-order chi connectivity index (χ0) is 20.9. The van der Waals surface area contributed by atoms with Crippen LogP contribution in [0.25, 0.3) is 11.3 Å². The second kappa shape index (κ2) is 9.00. The molecule has 1 aromatic carbocycles. The highest BCUT2D eigenvalue weighted by Gasteiger charge is 2.18. The van der Waals surface area contributed by atoms with Gasteiger partial charge in [-0.25, -0.2) is 4.98 Å². The Hall–Kier alpha value is -3.32. The van der Waals surface area contributed by atoms with Crippen LogP contribution in [0.4, 0.5) is 5.82 Å². The van der Waals surface area contributed by atoms with Gasteiger partial charge in [0.25, 0.3) is 5.56 Å². The molecule has 0 atom stereocenters. The Kier molecular flexibility index (Phi) is 5.99. The third-order valence-electron chi connectivity index (χ3n) is 5.27. The fourth-order valence-electron chi connectivity index (χ4n) is 3.62. The average Bonchev–Trinajstić information content (AvgIpc) is 2.75. The number of aromatic amines is 1. The number of aromatic nitrogens is 3. The lowest BCUT2D eigenvalue weighted by Gasteiger charge is -2.24. The van der Waals surface area contributed by atoms with E-state index in [1.165, 1.54) is 0 Å². The number of ether oxygens (including phenoxy) is 1. The summed E-state index contributed by atoms with van der Waals surface area (Å²) in [6.07, 6.45) is 5.07. The molecular formula is C23H25N5O2. The van der Waals surface area contributed by atoms with Gasteiger partial charge in [-0.3, -0.25) is 9.78 Å². The third kappa shape index (κ3) is 4.46. The molecular weight excluding hydrogens is 378 g/mol. The lowest BCUT2D eigenvalue weighted by Crippen LogP contribution is -2.30. The van der Waals surface area contributed by atoms with Gasteiger partial charge in [0.15, 0.2) is 0 Å². The van der Waals surface area contributed by atoms with Crippen LogP contribution in [0.5, 0.6) is 0 Å². The number of hydrogen-bond donors (Lipinski definition) is 3. The van der Waals surface area contributed by atoms with Crippen molar-refractivity contribution in [1.29, 1.82) is 5.41 Å². The second-order valence-corrected chi connectivity index (χ2v) is 7.50. The number of nitrogens with zero attached hydrogens (tertiary/aromatic N) is 2. The Morgan fingerprint density at radius 3 is 2.77 bits per heavy atom. The average molecular weight is 403 g/mol. The standard InChI is InChI=1S/C23H25N5O2/c1-15-6-7-20(25-14-15)18-5-3-2-4-16(18)12-21-27-22(19(13-24)23(29)28-21)26-17-8-10-30-11-9-17/h2-7,13-14,17,24H,8-12H2,1H3,(H2,26,27,28,29). The largest absolute Gasteiger partial charge is 0.381 e. The minimum absolute atomic E-state index is 0.184. The molecule has 0 aliphatic carbocycles. The Morgan fingerprint density at radius 1 is 1.23 bits per heavy atom. The fourth-order valence-corrected chi connectivity index (χ4v) is 3.62. The van der Waals surface area contributed by atoms with Crippen LogP contribution in [0.1, 0.15) is 35.4 Å². The summed E-state index contributed by atoms with van der Waals surface area (Å²) in [5.41, 5.74) is 3.96. The van der Waals surface area contributed by atoms with E-state index in [-0.39, 0.29) is 17.2 Å². The van der Waals surface area contributed by atoms with E-state index in [0.717, 1.165) is 41.4 Å². The van der Waals surface area contributed by atoms with Crippen LogP contribution in [0, 0.1) is 12.3 Å². The van der Waals surface area contributed by atoms with E-state index in [4.69, 9.17) is 10.1 Å². The van der Waals surface area contributed by atoms with E-state index >= 15 is 0 Å². The third-order valence-corrected chi connectivity index (χ3v) is 5.27. The van der Waals surface area contributed by atoms with Crippen molar-refractivity contribution in [3.63, 3.8) is 0 Å². The topological polar surface area (TPSA) is 104 Å². The Balaban J connectivity index is 1.66. The molecule has 30 heavy (non-hydrogen) atoms. The number of aryl methyl sites for hydroxylation is 1. The van der Waals surface area contributed by atoms with Gasteiger partial charge in [0.2, 0.25) is 0 Å². The van der Waals surface area contributed by atoms with Gasteiger partial charge in [-0.1, -0.05) is 30.3 Å². The first-order valence-electron chi connectivity index (χ1n) is 10.1. The van der Waals surface area contributed by atoms with Crippen LogP contribution in [0.15, 0.2) is 47.4 Å². The monoisotopic (exact) mass is 403 g/mol. The maximum absolute atomic E-state index is 12.6. The molecule has 154 valence electrons. The number of benzene rings is 1. The summed E-state index contributed by atoms with van der Waals surface area (Å²) in [6.45, 7) is 3.38. The zero-order valence-electron chi connectivity index (χ0n) is 16.9. The fraction of sp³-hybridized carbons (Fsp3) is 0.304. The quantitative estimate of drug-likeness (QED) is 0.548. The van der Waals surface area contributed by atoms with Crippen molar-refractivity contribution in [2.24, 2.45) is 0 Å². The molecule has 1 saturated heterocycles. The highest BCUT2D eigenvalue weighted by Crippen LogP contribution is 2.24. The number of anilines is 1. The smallest absolute Gasteiger partial charge is 0.261 e. The molecule has 0 spiro atoms. The zero-order valence-corrected chi connectivity index (χ0v) is 16.9. The van der Waals surface area contributed by atoms with Gasteiger partial charge in [-0.05, 0) is 37.0 Å². The molecule has 0 saturated carbocycles. The molecule has 3 aromatic rings. The number of nitrogens with one attached hydrogen (secondary N) is 3. The molecule has 0 radical (unpaired) electrons. The van der Waals surface area contributed by atoms with Crippen LogP contribution in [0.2, 0.25) is 0 Å². The molecule has 2 aromatic heterocycles. The van der Waals surface area contributed by atoms with Crippen LogP contribution in [0.3, 0.4) is 0 Å². The predicted octanol–water partition coefficient (Wildman–Crippen LogP) is 3.32. The molecule has 1 aliphatic heterocycles. The molecule has 3 N–H and O–H groups in total. The predicted molar refractivity (Wildman–Crippen MR) is 117 cm³/mol. The Labute approximate surface area is 175 Å². The van der Waals surface area contributed by atoms with Gasteiger partial charge >= 0.3 is 0 Å². The SMILES string of the molecule is Cc1ccc(-c2ccccc2Cc2nc(NC3CCOCC3)c(C=N)c(=O)[nH]2)nc1. The van der Waals surface area contributed by atoms with Crippen LogP contribution >= 0.6 is 0 Å². The van der Waals surface area contributed by atoms with Gasteiger partial charge in [0.1, 0.15) is 11.6 Å².